The summed E-state index contributed by atoms with van der Waals surface area (Å²) in [6.07, 6.45) is 3.56. The minimum atomic E-state index is -0.212. The van der Waals surface area contributed by atoms with E-state index in [1.54, 1.807) is 0 Å². The summed E-state index contributed by atoms with van der Waals surface area (Å²) < 4.78 is 5.48. The van der Waals surface area contributed by atoms with Crippen LogP contribution in [-0.4, -0.2) is 35.3 Å². The molecule has 0 saturated heterocycles. The van der Waals surface area contributed by atoms with Crippen LogP contribution >= 0.6 is 0 Å². The number of benzene rings is 1. The van der Waals surface area contributed by atoms with Crippen LogP contribution in [0.4, 0.5) is 0 Å². The van der Waals surface area contributed by atoms with Crippen molar-refractivity contribution in [1.29, 1.82) is 0 Å². The van der Waals surface area contributed by atoms with Gasteiger partial charge in [0.25, 0.3) is 5.91 Å². The summed E-state index contributed by atoms with van der Waals surface area (Å²) in [5.74, 6) is 1.07. The van der Waals surface area contributed by atoms with E-state index in [9.17, 15) is 9.90 Å². The highest BCUT2D eigenvalue weighted by molar-refractivity contribution is 5.98. The van der Waals surface area contributed by atoms with E-state index in [4.69, 9.17) is 4.74 Å². The summed E-state index contributed by atoms with van der Waals surface area (Å²) >= 11 is 0. The molecule has 5 nitrogen and oxygen atoms in total. The molecule has 0 radical (unpaired) electrons. The third-order valence-corrected chi connectivity index (χ3v) is 4.46. The summed E-state index contributed by atoms with van der Waals surface area (Å²) in [4.78, 5) is 15.5. The van der Waals surface area contributed by atoms with Gasteiger partial charge in [-0.1, -0.05) is 6.42 Å². The number of aromatic amines is 1. The molecule has 0 bridgehead atoms. The number of fused-ring (bicyclic) bond motifs is 1. The first kappa shape index (κ1) is 15.9. The lowest BCUT2D eigenvalue weighted by Crippen LogP contribution is -2.33. The molecule has 1 aromatic heterocycles. The quantitative estimate of drug-likeness (QED) is 0.794. The van der Waals surface area contributed by atoms with Gasteiger partial charge in [0.2, 0.25) is 0 Å². The van der Waals surface area contributed by atoms with Gasteiger partial charge in [0.05, 0.1) is 12.7 Å². The van der Waals surface area contributed by atoms with Crippen molar-refractivity contribution in [2.24, 2.45) is 5.92 Å². The fourth-order valence-corrected chi connectivity index (χ4v) is 3.27. The Hall–Kier alpha value is -2.01. The van der Waals surface area contributed by atoms with Gasteiger partial charge in [0.1, 0.15) is 11.4 Å². The molecule has 3 rings (SSSR count). The van der Waals surface area contributed by atoms with E-state index in [0.29, 0.717) is 24.8 Å². The van der Waals surface area contributed by atoms with Crippen LogP contribution in [-0.2, 0) is 0 Å². The van der Waals surface area contributed by atoms with Crippen LogP contribution in [0.2, 0.25) is 0 Å². The molecule has 3 N–H and O–H groups in total. The Balaban J connectivity index is 1.63. The van der Waals surface area contributed by atoms with Crippen molar-refractivity contribution in [1.82, 2.24) is 10.3 Å². The Labute approximate surface area is 136 Å². The molecule has 23 heavy (non-hydrogen) atoms. The zero-order valence-corrected chi connectivity index (χ0v) is 13.5. The molecule has 1 amide bonds. The van der Waals surface area contributed by atoms with Gasteiger partial charge in [-0.2, -0.15) is 0 Å². The second-order valence-corrected chi connectivity index (χ2v) is 6.26. The van der Waals surface area contributed by atoms with Gasteiger partial charge in [-0.05, 0) is 50.3 Å². The number of carbonyl (C=O) groups is 1. The monoisotopic (exact) mass is 316 g/mol. The van der Waals surface area contributed by atoms with E-state index in [0.717, 1.165) is 42.3 Å². The molecule has 1 saturated carbocycles. The lowest BCUT2D eigenvalue weighted by Gasteiger charge is -2.25. The number of hydrogen-bond donors (Lipinski definition) is 3. The minimum Gasteiger partial charge on any atom is -0.494 e. The first-order valence-electron chi connectivity index (χ1n) is 8.37. The molecular formula is C18H24N2O3. The number of ether oxygens (including phenoxy) is 1. The van der Waals surface area contributed by atoms with E-state index in [1.165, 1.54) is 0 Å². The zero-order chi connectivity index (χ0) is 16.2. The van der Waals surface area contributed by atoms with Gasteiger partial charge < -0.3 is 20.1 Å². The molecule has 0 aliphatic heterocycles. The average Bonchev–Trinajstić information content (AvgIpc) is 2.96. The Morgan fingerprint density at radius 1 is 1.39 bits per heavy atom. The van der Waals surface area contributed by atoms with E-state index in [2.05, 4.69) is 10.3 Å². The molecule has 124 valence electrons. The molecule has 1 aliphatic carbocycles. The number of aliphatic hydroxyl groups excluding tert-OH is 1. The summed E-state index contributed by atoms with van der Waals surface area (Å²) in [7, 11) is 0. The standard InChI is InChI=1S/C18H24N2O3/c1-2-23-15-7-6-13-9-17(20-16(13)10-15)18(22)19-11-12-4-3-5-14(21)8-12/h6-7,9-10,12,14,20-21H,2-5,8,11H2,1H3,(H,19,22). The van der Waals surface area contributed by atoms with E-state index >= 15 is 0 Å². The molecule has 1 aliphatic rings. The van der Waals surface area contributed by atoms with Crippen LogP contribution in [0, 0.1) is 5.92 Å². The first-order chi connectivity index (χ1) is 11.2. The predicted octanol–water partition coefficient (Wildman–Crippen LogP) is 2.85. The largest absolute Gasteiger partial charge is 0.494 e. The van der Waals surface area contributed by atoms with Gasteiger partial charge >= 0.3 is 0 Å². The zero-order valence-electron chi connectivity index (χ0n) is 13.5. The van der Waals surface area contributed by atoms with Crippen LogP contribution in [0.15, 0.2) is 24.3 Å². The number of aromatic nitrogens is 1. The highest BCUT2D eigenvalue weighted by Gasteiger charge is 2.21. The highest BCUT2D eigenvalue weighted by atomic mass is 16.5. The van der Waals surface area contributed by atoms with Crippen molar-refractivity contribution in [3.63, 3.8) is 0 Å². The van der Waals surface area contributed by atoms with Crippen LogP contribution < -0.4 is 10.1 Å². The number of hydrogen-bond acceptors (Lipinski definition) is 3. The molecule has 2 aromatic rings. The normalized spacial score (nSPS) is 21.3. The fourth-order valence-electron chi connectivity index (χ4n) is 3.27. The first-order valence-corrected chi connectivity index (χ1v) is 8.37. The lowest BCUT2D eigenvalue weighted by atomic mass is 9.87. The molecule has 1 aromatic carbocycles. The Morgan fingerprint density at radius 3 is 3.04 bits per heavy atom. The van der Waals surface area contributed by atoms with Crippen molar-refractivity contribution in [2.75, 3.05) is 13.2 Å². The number of aliphatic hydroxyl groups is 1. The topological polar surface area (TPSA) is 74.3 Å². The molecule has 5 heteroatoms. The lowest BCUT2D eigenvalue weighted by molar-refractivity contribution is 0.0871. The van der Waals surface area contributed by atoms with Crippen LogP contribution in [0.1, 0.15) is 43.1 Å². The molecule has 0 spiro atoms. The van der Waals surface area contributed by atoms with Gasteiger partial charge in [0, 0.05) is 23.5 Å². The van der Waals surface area contributed by atoms with Crippen LogP contribution in [0.5, 0.6) is 5.75 Å². The van der Waals surface area contributed by atoms with Gasteiger partial charge in [0.15, 0.2) is 0 Å². The van der Waals surface area contributed by atoms with Crippen molar-refractivity contribution < 1.29 is 14.6 Å². The average molecular weight is 316 g/mol. The van der Waals surface area contributed by atoms with Crippen molar-refractivity contribution in [3.05, 3.63) is 30.0 Å². The number of amides is 1. The molecular weight excluding hydrogens is 292 g/mol. The number of carbonyl (C=O) groups excluding carboxylic acids is 1. The minimum absolute atomic E-state index is 0.0979. The third-order valence-electron chi connectivity index (χ3n) is 4.46. The van der Waals surface area contributed by atoms with Gasteiger partial charge in [-0.25, -0.2) is 0 Å². The van der Waals surface area contributed by atoms with Crippen LogP contribution in [0.25, 0.3) is 10.9 Å². The molecule has 1 fully saturated rings. The predicted molar refractivity (Wildman–Crippen MR) is 89.8 cm³/mol. The maximum Gasteiger partial charge on any atom is 0.267 e. The summed E-state index contributed by atoms with van der Waals surface area (Å²) in [5, 5.41) is 13.7. The maximum absolute atomic E-state index is 12.3. The van der Waals surface area contributed by atoms with E-state index in [1.807, 2.05) is 31.2 Å². The van der Waals surface area contributed by atoms with E-state index in [-0.39, 0.29) is 12.0 Å². The molecule has 1 heterocycles. The molecule has 2 atom stereocenters. The van der Waals surface area contributed by atoms with Crippen LogP contribution in [0.3, 0.4) is 0 Å². The smallest absolute Gasteiger partial charge is 0.267 e. The van der Waals surface area contributed by atoms with Crippen molar-refractivity contribution in [3.8, 4) is 5.75 Å². The Bertz CT molecular complexity index is 680. The summed E-state index contributed by atoms with van der Waals surface area (Å²) in [5.41, 5.74) is 1.46. The van der Waals surface area contributed by atoms with E-state index < -0.39 is 0 Å². The Morgan fingerprint density at radius 2 is 2.26 bits per heavy atom. The number of rotatable bonds is 5. The van der Waals surface area contributed by atoms with Gasteiger partial charge in [-0.3, -0.25) is 4.79 Å². The second-order valence-electron chi connectivity index (χ2n) is 6.26. The van der Waals surface area contributed by atoms with Crippen molar-refractivity contribution >= 4 is 16.8 Å². The fraction of sp³-hybridized carbons (Fsp3) is 0.500. The maximum atomic E-state index is 12.3. The Kier molecular flexibility index (Phi) is 4.86. The number of nitrogens with one attached hydrogen (secondary N) is 2. The second kappa shape index (κ2) is 7.04. The van der Waals surface area contributed by atoms with Crippen molar-refractivity contribution in [2.45, 2.75) is 38.7 Å². The SMILES string of the molecule is CCOc1ccc2cc(C(=O)NCC3CCCC(O)C3)[nH]c2c1. The molecule has 2 unspecified atom stereocenters. The third kappa shape index (κ3) is 3.85. The summed E-state index contributed by atoms with van der Waals surface area (Å²) in [6, 6.07) is 7.62. The highest BCUT2D eigenvalue weighted by Crippen LogP contribution is 2.24. The summed E-state index contributed by atoms with van der Waals surface area (Å²) in [6.45, 7) is 3.18. The van der Waals surface area contributed by atoms with Gasteiger partial charge in [-0.15, -0.1) is 0 Å². The number of H-pyrrole nitrogens is 1.